The van der Waals surface area contributed by atoms with Crippen LogP contribution in [0.2, 0.25) is 0 Å². The summed E-state index contributed by atoms with van der Waals surface area (Å²) in [7, 11) is 0. The molecule has 0 amide bonds. The van der Waals surface area contributed by atoms with Crippen molar-refractivity contribution < 1.29 is 0 Å². The Bertz CT molecular complexity index is 3270. The molecule has 11 rings (SSSR count). The van der Waals surface area contributed by atoms with Crippen LogP contribution >= 0.6 is 0 Å². The van der Waals surface area contributed by atoms with E-state index in [-0.39, 0.29) is 0 Å². The number of anilines is 3. The zero-order valence-corrected chi connectivity index (χ0v) is 33.0. The van der Waals surface area contributed by atoms with E-state index in [1.165, 1.54) is 71.6 Å². The van der Waals surface area contributed by atoms with Gasteiger partial charge in [0.15, 0.2) is 0 Å². The van der Waals surface area contributed by atoms with E-state index in [0.29, 0.717) is 0 Å². The van der Waals surface area contributed by atoms with E-state index < -0.39 is 0 Å². The molecular weight excluding hydrogens is 725 g/mol. The van der Waals surface area contributed by atoms with Gasteiger partial charge in [0, 0.05) is 38.8 Å². The van der Waals surface area contributed by atoms with Gasteiger partial charge in [-0.2, -0.15) is 0 Å². The van der Waals surface area contributed by atoms with E-state index in [2.05, 4.69) is 252 Å². The summed E-state index contributed by atoms with van der Waals surface area (Å²) in [5.74, 6) is 0. The zero-order chi connectivity index (χ0) is 39.8. The molecule has 11 aromatic rings. The Balaban J connectivity index is 1.12. The number of rotatable bonds is 8. The van der Waals surface area contributed by atoms with Gasteiger partial charge in [0.2, 0.25) is 0 Å². The van der Waals surface area contributed by atoms with Crippen molar-refractivity contribution in [3.05, 3.63) is 243 Å². The molecule has 60 heavy (non-hydrogen) atoms. The highest BCUT2D eigenvalue weighted by atomic mass is 15.1. The number of benzene rings is 10. The zero-order valence-electron chi connectivity index (χ0n) is 33.0. The van der Waals surface area contributed by atoms with Gasteiger partial charge in [0.1, 0.15) is 0 Å². The molecular formula is C58H40N2. The van der Waals surface area contributed by atoms with Crippen LogP contribution in [0.4, 0.5) is 17.1 Å². The lowest BCUT2D eigenvalue weighted by Crippen LogP contribution is -2.12. The smallest absolute Gasteiger partial charge is 0.0618 e. The van der Waals surface area contributed by atoms with Gasteiger partial charge < -0.3 is 9.47 Å². The summed E-state index contributed by atoms with van der Waals surface area (Å²) >= 11 is 0. The molecule has 1 heterocycles. The number of aromatic nitrogens is 1. The van der Waals surface area contributed by atoms with Crippen molar-refractivity contribution in [1.82, 2.24) is 4.57 Å². The van der Waals surface area contributed by atoms with Crippen LogP contribution in [0.5, 0.6) is 0 Å². The maximum Gasteiger partial charge on any atom is 0.0618 e. The first-order valence-electron chi connectivity index (χ1n) is 20.6. The van der Waals surface area contributed by atoms with E-state index >= 15 is 0 Å². The van der Waals surface area contributed by atoms with Gasteiger partial charge in [-0.1, -0.05) is 200 Å². The molecule has 1 aromatic heterocycles. The van der Waals surface area contributed by atoms with E-state index in [0.717, 1.165) is 28.3 Å². The second-order valence-electron chi connectivity index (χ2n) is 15.3. The van der Waals surface area contributed by atoms with Crippen LogP contribution in [0.3, 0.4) is 0 Å². The lowest BCUT2D eigenvalue weighted by Gasteiger charge is -2.30. The van der Waals surface area contributed by atoms with Gasteiger partial charge in [-0.3, -0.25) is 0 Å². The van der Waals surface area contributed by atoms with Crippen LogP contribution in [-0.4, -0.2) is 4.57 Å². The number of hydrogen-bond donors (Lipinski definition) is 0. The molecule has 0 saturated heterocycles. The number of fused-ring (bicyclic) bond motifs is 4. The molecule has 0 fully saturated rings. The molecule has 0 unspecified atom stereocenters. The maximum atomic E-state index is 2.46. The molecule has 282 valence electrons. The summed E-state index contributed by atoms with van der Waals surface area (Å²) < 4.78 is 2.43. The monoisotopic (exact) mass is 764 g/mol. The van der Waals surface area contributed by atoms with Gasteiger partial charge in [-0.05, 0) is 86.8 Å². The standard InChI is InChI=1S/C58H40N2/c1-4-16-41(17-5-1)42-28-33-47(34-29-42)59(58-52-25-11-10-22-45(52)32-38-53(58)44-20-8-3-9-21-44)49-37-39-55-54-26-14-15-27-56(54)60(57(55)40-49)48-35-30-46(31-36-48)51-24-13-12-23-50(51)43-18-6-2-7-19-43/h1-40H. The third-order valence-corrected chi connectivity index (χ3v) is 11.8. The molecule has 2 heteroatoms. The fraction of sp³-hybridized carbons (Fsp3) is 0. The predicted molar refractivity (Wildman–Crippen MR) is 255 cm³/mol. The minimum Gasteiger partial charge on any atom is -0.309 e. The molecule has 2 nitrogen and oxygen atoms in total. The lowest BCUT2D eigenvalue weighted by atomic mass is 9.94. The average molecular weight is 765 g/mol. The first kappa shape index (κ1) is 35.2. The molecule has 0 radical (unpaired) electrons. The van der Waals surface area contributed by atoms with Crippen molar-refractivity contribution >= 4 is 49.6 Å². The van der Waals surface area contributed by atoms with Crippen molar-refractivity contribution in [1.29, 1.82) is 0 Å². The largest absolute Gasteiger partial charge is 0.309 e. The van der Waals surface area contributed by atoms with Crippen LogP contribution in [0.15, 0.2) is 243 Å². The number of nitrogens with zero attached hydrogens (tertiary/aromatic N) is 2. The van der Waals surface area contributed by atoms with Crippen LogP contribution in [0.1, 0.15) is 0 Å². The highest BCUT2D eigenvalue weighted by Crippen LogP contribution is 2.47. The summed E-state index contributed by atoms with van der Waals surface area (Å²) in [6.45, 7) is 0. The van der Waals surface area contributed by atoms with Crippen molar-refractivity contribution in [3.8, 4) is 50.2 Å². The molecule has 0 aliphatic heterocycles. The summed E-state index contributed by atoms with van der Waals surface area (Å²) in [6, 6.07) is 87.9. The van der Waals surface area contributed by atoms with E-state index in [1.807, 2.05) is 0 Å². The highest BCUT2D eigenvalue weighted by Gasteiger charge is 2.22. The molecule has 0 aliphatic carbocycles. The Kier molecular flexibility index (Phi) is 8.87. The van der Waals surface area contributed by atoms with Crippen LogP contribution in [0.25, 0.3) is 82.8 Å². The molecule has 0 atom stereocenters. The Labute approximate surface area is 350 Å². The first-order valence-corrected chi connectivity index (χ1v) is 20.6. The van der Waals surface area contributed by atoms with E-state index in [9.17, 15) is 0 Å². The molecule has 0 saturated carbocycles. The van der Waals surface area contributed by atoms with Crippen LogP contribution < -0.4 is 4.90 Å². The summed E-state index contributed by atoms with van der Waals surface area (Å²) in [6.07, 6.45) is 0. The number of hydrogen-bond acceptors (Lipinski definition) is 1. The summed E-state index contributed by atoms with van der Waals surface area (Å²) in [5.41, 5.74) is 16.4. The fourth-order valence-electron chi connectivity index (χ4n) is 8.96. The molecule has 0 aliphatic rings. The van der Waals surface area contributed by atoms with Gasteiger partial charge in [0.25, 0.3) is 0 Å². The minimum absolute atomic E-state index is 1.08. The Morgan fingerprint density at radius 2 is 0.767 bits per heavy atom. The molecule has 0 bridgehead atoms. The lowest BCUT2D eigenvalue weighted by molar-refractivity contribution is 1.18. The van der Waals surface area contributed by atoms with Crippen molar-refractivity contribution in [2.24, 2.45) is 0 Å². The maximum absolute atomic E-state index is 2.46. The minimum atomic E-state index is 1.08. The van der Waals surface area contributed by atoms with E-state index in [1.54, 1.807) is 0 Å². The third kappa shape index (κ3) is 6.23. The van der Waals surface area contributed by atoms with E-state index in [4.69, 9.17) is 0 Å². The van der Waals surface area contributed by atoms with Crippen molar-refractivity contribution in [2.45, 2.75) is 0 Å². The molecule has 0 spiro atoms. The number of para-hydroxylation sites is 1. The Morgan fingerprint density at radius 3 is 1.45 bits per heavy atom. The second kappa shape index (κ2) is 15.1. The van der Waals surface area contributed by atoms with Crippen molar-refractivity contribution in [3.63, 3.8) is 0 Å². The van der Waals surface area contributed by atoms with Crippen molar-refractivity contribution in [2.75, 3.05) is 4.90 Å². The Morgan fingerprint density at radius 1 is 0.283 bits per heavy atom. The fourth-order valence-corrected chi connectivity index (χ4v) is 8.96. The average Bonchev–Trinajstić information content (AvgIpc) is 3.66. The van der Waals surface area contributed by atoms with Crippen LogP contribution in [-0.2, 0) is 0 Å². The first-order chi connectivity index (χ1) is 29.8. The molecule has 10 aromatic carbocycles. The second-order valence-corrected chi connectivity index (χ2v) is 15.3. The third-order valence-electron chi connectivity index (χ3n) is 11.8. The quantitative estimate of drug-likeness (QED) is 0.150. The van der Waals surface area contributed by atoms with Gasteiger partial charge in [0.05, 0.1) is 16.7 Å². The normalized spacial score (nSPS) is 11.3. The van der Waals surface area contributed by atoms with Gasteiger partial charge in [-0.15, -0.1) is 0 Å². The predicted octanol–water partition coefficient (Wildman–Crippen LogP) is 16.1. The van der Waals surface area contributed by atoms with Gasteiger partial charge >= 0.3 is 0 Å². The molecule has 0 N–H and O–H groups in total. The van der Waals surface area contributed by atoms with Gasteiger partial charge in [-0.25, -0.2) is 0 Å². The topological polar surface area (TPSA) is 8.17 Å². The summed E-state index contributed by atoms with van der Waals surface area (Å²) in [5, 5.41) is 4.83. The highest BCUT2D eigenvalue weighted by molar-refractivity contribution is 6.12. The SMILES string of the molecule is c1ccc(-c2ccc(N(c3ccc4c5ccccc5n(-c5ccc(-c6ccccc6-c6ccccc6)cc5)c4c3)c3c(-c4ccccc4)ccc4ccccc34)cc2)cc1. The Hall–Kier alpha value is -7.94. The summed E-state index contributed by atoms with van der Waals surface area (Å²) in [4.78, 5) is 2.46. The van der Waals surface area contributed by atoms with Crippen LogP contribution in [0, 0.1) is 0 Å².